The van der Waals surface area contributed by atoms with Gasteiger partial charge in [-0.1, -0.05) is 29.2 Å². The summed E-state index contributed by atoms with van der Waals surface area (Å²) in [5, 5.41) is 20.5. The standard InChI is InChI=1S/C13H16N2O3S2/c1-7(16)19-5-4-10(17)12(18)8-2-3-11-9(6-8)15-13(14)20-11/h2-3,6,10,12,17-18H,4-5H2,1H3,(H2,14,15). The number of fused-ring (bicyclic) bond motifs is 1. The van der Waals surface area contributed by atoms with Gasteiger partial charge in [0.1, 0.15) is 6.10 Å². The van der Waals surface area contributed by atoms with E-state index in [0.717, 1.165) is 22.0 Å². The zero-order valence-corrected chi connectivity index (χ0v) is 12.6. The fourth-order valence-electron chi connectivity index (χ4n) is 1.85. The van der Waals surface area contributed by atoms with E-state index in [2.05, 4.69) is 4.98 Å². The molecule has 0 amide bonds. The number of carbonyl (C=O) groups excluding carboxylic acids is 1. The lowest BCUT2D eigenvalue weighted by molar-refractivity contribution is -0.109. The number of aliphatic hydroxyl groups excluding tert-OH is 2. The number of hydrogen-bond acceptors (Lipinski definition) is 7. The van der Waals surface area contributed by atoms with Gasteiger partial charge in [-0.15, -0.1) is 0 Å². The molecule has 1 heterocycles. The quantitative estimate of drug-likeness (QED) is 0.781. The van der Waals surface area contributed by atoms with Gasteiger partial charge in [0.15, 0.2) is 10.2 Å². The molecule has 0 saturated carbocycles. The molecule has 2 aromatic rings. The molecule has 5 nitrogen and oxygen atoms in total. The first-order valence-corrected chi connectivity index (χ1v) is 7.93. The Hall–Kier alpha value is -1.15. The zero-order valence-electron chi connectivity index (χ0n) is 10.9. The molecule has 0 aliphatic heterocycles. The van der Waals surface area contributed by atoms with E-state index >= 15 is 0 Å². The molecule has 0 spiro atoms. The Bertz CT molecular complexity index is 615. The molecule has 0 fully saturated rings. The summed E-state index contributed by atoms with van der Waals surface area (Å²) in [5.41, 5.74) is 6.95. The van der Waals surface area contributed by atoms with Gasteiger partial charge in [0, 0.05) is 12.7 Å². The van der Waals surface area contributed by atoms with Crippen LogP contribution in [0.3, 0.4) is 0 Å². The molecule has 1 aromatic carbocycles. The second-order valence-corrected chi connectivity index (χ2v) is 6.75. The molecule has 0 aliphatic rings. The number of aromatic nitrogens is 1. The number of thiazole rings is 1. The molecule has 2 atom stereocenters. The van der Waals surface area contributed by atoms with E-state index in [1.165, 1.54) is 18.3 Å². The topological polar surface area (TPSA) is 96.4 Å². The number of aliphatic hydroxyl groups is 2. The van der Waals surface area contributed by atoms with Crippen molar-refractivity contribution in [3.8, 4) is 0 Å². The summed E-state index contributed by atoms with van der Waals surface area (Å²) in [5.74, 6) is 0.486. The van der Waals surface area contributed by atoms with Crippen LogP contribution in [0.4, 0.5) is 5.13 Å². The van der Waals surface area contributed by atoms with Gasteiger partial charge in [0.2, 0.25) is 0 Å². The van der Waals surface area contributed by atoms with Crippen LogP contribution < -0.4 is 5.73 Å². The van der Waals surface area contributed by atoms with Crippen molar-refractivity contribution in [3.63, 3.8) is 0 Å². The Morgan fingerprint density at radius 2 is 2.25 bits per heavy atom. The van der Waals surface area contributed by atoms with Crippen molar-refractivity contribution in [1.29, 1.82) is 0 Å². The third kappa shape index (κ3) is 3.69. The number of nitrogens with two attached hydrogens (primary N) is 1. The number of benzene rings is 1. The van der Waals surface area contributed by atoms with Gasteiger partial charge in [-0.2, -0.15) is 0 Å². The SMILES string of the molecule is CC(=O)SCCC(O)C(O)c1ccc2sc(N)nc2c1. The normalized spacial score (nSPS) is 14.3. The fourth-order valence-corrected chi connectivity index (χ4v) is 3.21. The van der Waals surface area contributed by atoms with Gasteiger partial charge in [0.05, 0.1) is 16.3 Å². The second kappa shape index (κ2) is 6.53. The van der Waals surface area contributed by atoms with Crippen LogP contribution in [-0.4, -0.2) is 32.2 Å². The van der Waals surface area contributed by atoms with Gasteiger partial charge >= 0.3 is 0 Å². The van der Waals surface area contributed by atoms with Gasteiger partial charge in [0.25, 0.3) is 0 Å². The predicted molar refractivity (Wildman–Crippen MR) is 82.8 cm³/mol. The van der Waals surface area contributed by atoms with Crippen molar-refractivity contribution in [1.82, 2.24) is 4.98 Å². The van der Waals surface area contributed by atoms with Crippen LogP contribution in [0.2, 0.25) is 0 Å². The third-order valence-electron chi connectivity index (χ3n) is 2.85. The van der Waals surface area contributed by atoms with Gasteiger partial charge in [-0.3, -0.25) is 4.79 Å². The number of rotatable bonds is 5. The van der Waals surface area contributed by atoms with Crippen molar-refractivity contribution in [2.24, 2.45) is 0 Å². The van der Waals surface area contributed by atoms with E-state index in [9.17, 15) is 15.0 Å². The summed E-state index contributed by atoms with van der Waals surface area (Å²) in [7, 11) is 0. The molecule has 0 radical (unpaired) electrons. The molecule has 2 rings (SSSR count). The van der Waals surface area contributed by atoms with Crippen LogP contribution in [0.5, 0.6) is 0 Å². The van der Waals surface area contributed by atoms with Gasteiger partial charge in [-0.25, -0.2) is 4.98 Å². The number of hydrogen-bond donors (Lipinski definition) is 3. The van der Waals surface area contributed by atoms with Gasteiger partial charge in [-0.05, 0) is 24.1 Å². The van der Waals surface area contributed by atoms with Crippen LogP contribution in [-0.2, 0) is 4.79 Å². The third-order valence-corrected chi connectivity index (χ3v) is 4.57. The predicted octanol–water partition coefficient (Wildman–Crippen LogP) is 1.94. The van der Waals surface area contributed by atoms with E-state index in [4.69, 9.17) is 5.73 Å². The summed E-state index contributed by atoms with van der Waals surface area (Å²) in [6, 6.07) is 5.32. The number of nitrogen functional groups attached to an aromatic ring is 1. The number of carbonyl (C=O) groups is 1. The molecule has 2 unspecified atom stereocenters. The zero-order chi connectivity index (χ0) is 14.7. The minimum absolute atomic E-state index is 0.00561. The highest BCUT2D eigenvalue weighted by atomic mass is 32.2. The lowest BCUT2D eigenvalue weighted by Crippen LogP contribution is -2.19. The van der Waals surface area contributed by atoms with Gasteiger partial charge < -0.3 is 15.9 Å². The molecule has 20 heavy (non-hydrogen) atoms. The molecule has 0 saturated heterocycles. The van der Waals surface area contributed by atoms with Crippen LogP contribution in [0, 0.1) is 0 Å². The molecule has 0 aliphatic carbocycles. The maximum absolute atomic E-state index is 10.8. The molecule has 108 valence electrons. The summed E-state index contributed by atoms with van der Waals surface area (Å²) in [6.07, 6.45) is -1.55. The van der Waals surface area contributed by atoms with Crippen LogP contribution in [0.25, 0.3) is 10.2 Å². The molecule has 0 bridgehead atoms. The average Bonchev–Trinajstić information content (AvgIpc) is 2.76. The Labute approximate surface area is 124 Å². The smallest absolute Gasteiger partial charge is 0.185 e. The number of thioether (sulfide) groups is 1. The maximum atomic E-state index is 10.8. The summed E-state index contributed by atoms with van der Waals surface area (Å²) in [4.78, 5) is 15.0. The summed E-state index contributed by atoms with van der Waals surface area (Å²) in [6.45, 7) is 1.48. The molecular weight excluding hydrogens is 296 g/mol. The van der Waals surface area contributed by atoms with Crippen molar-refractivity contribution < 1.29 is 15.0 Å². The molecule has 1 aromatic heterocycles. The minimum Gasteiger partial charge on any atom is -0.390 e. The van der Waals surface area contributed by atoms with Crippen molar-refractivity contribution >= 4 is 43.6 Å². The summed E-state index contributed by atoms with van der Waals surface area (Å²) >= 11 is 2.52. The van der Waals surface area contributed by atoms with E-state index in [1.807, 2.05) is 6.07 Å². The van der Waals surface area contributed by atoms with Crippen LogP contribution >= 0.6 is 23.1 Å². The number of anilines is 1. The Kier molecular flexibility index (Phi) is 4.98. The molecular formula is C13H16N2O3S2. The van der Waals surface area contributed by atoms with E-state index in [1.54, 1.807) is 12.1 Å². The monoisotopic (exact) mass is 312 g/mol. The lowest BCUT2D eigenvalue weighted by Gasteiger charge is -2.17. The average molecular weight is 312 g/mol. The maximum Gasteiger partial charge on any atom is 0.185 e. The highest BCUT2D eigenvalue weighted by Gasteiger charge is 2.19. The Morgan fingerprint density at radius 3 is 2.95 bits per heavy atom. The largest absolute Gasteiger partial charge is 0.390 e. The fraction of sp³-hybridized carbons (Fsp3) is 0.385. The first kappa shape index (κ1) is 15.2. The first-order chi connectivity index (χ1) is 9.47. The highest BCUT2D eigenvalue weighted by Crippen LogP contribution is 2.28. The van der Waals surface area contributed by atoms with Crippen LogP contribution in [0.15, 0.2) is 18.2 Å². The first-order valence-electron chi connectivity index (χ1n) is 6.13. The molecule has 4 N–H and O–H groups in total. The Morgan fingerprint density at radius 1 is 1.50 bits per heavy atom. The minimum atomic E-state index is -0.991. The van der Waals surface area contributed by atoms with Crippen molar-refractivity contribution in [2.75, 3.05) is 11.5 Å². The number of nitrogens with zero attached hydrogens (tertiary/aromatic N) is 1. The van der Waals surface area contributed by atoms with Crippen LogP contribution in [0.1, 0.15) is 25.0 Å². The highest BCUT2D eigenvalue weighted by molar-refractivity contribution is 8.13. The molecule has 7 heteroatoms. The van der Waals surface area contributed by atoms with E-state index in [0.29, 0.717) is 22.9 Å². The summed E-state index contributed by atoms with van der Waals surface area (Å²) < 4.78 is 0.945. The van der Waals surface area contributed by atoms with Crippen molar-refractivity contribution in [3.05, 3.63) is 23.8 Å². The lowest BCUT2D eigenvalue weighted by atomic mass is 10.0. The van der Waals surface area contributed by atoms with E-state index < -0.39 is 12.2 Å². The van der Waals surface area contributed by atoms with Crippen molar-refractivity contribution in [2.45, 2.75) is 25.6 Å². The van der Waals surface area contributed by atoms with E-state index in [-0.39, 0.29) is 5.12 Å². The Balaban J connectivity index is 2.05. The second-order valence-electron chi connectivity index (χ2n) is 4.42.